The van der Waals surface area contributed by atoms with Crippen LogP contribution in [-0.4, -0.2) is 13.2 Å². The topological polar surface area (TPSA) is 30.5 Å². The number of nitrogens with one attached hydrogen (secondary N) is 1. The quantitative estimate of drug-likeness (QED) is 0.858. The molecule has 0 aliphatic heterocycles. The van der Waals surface area contributed by atoms with Gasteiger partial charge in [-0.1, -0.05) is 12.1 Å². The molecule has 1 N–H and O–H groups in total. The summed E-state index contributed by atoms with van der Waals surface area (Å²) < 4.78 is 10.8. The van der Waals surface area contributed by atoms with Crippen LogP contribution in [0.2, 0.25) is 0 Å². The van der Waals surface area contributed by atoms with E-state index in [2.05, 4.69) is 17.4 Å². The number of hydrogen-bond acceptors (Lipinski definition) is 3. The summed E-state index contributed by atoms with van der Waals surface area (Å²) in [7, 11) is 1.67. The Morgan fingerprint density at radius 1 is 0.900 bits per heavy atom. The van der Waals surface area contributed by atoms with Crippen molar-refractivity contribution in [3.8, 4) is 11.5 Å². The third-order valence-electron chi connectivity index (χ3n) is 2.88. The van der Waals surface area contributed by atoms with Gasteiger partial charge in [0.1, 0.15) is 11.5 Å². The van der Waals surface area contributed by atoms with Crippen molar-refractivity contribution >= 4 is 5.69 Å². The zero-order valence-electron chi connectivity index (χ0n) is 12.2. The van der Waals surface area contributed by atoms with Crippen molar-refractivity contribution in [3.05, 3.63) is 54.1 Å². The van der Waals surface area contributed by atoms with Crippen LogP contribution in [-0.2, 0) is 6.54 Å². The minimum absolute atomic E-state index is 0.202. The summed E-state index contributed by atoms with van der Waals surface area (Å²) in [6, 6.07) is 16.1. The van der Waals surface area contributed by atoms with Gasteiger partial charge in [-0.3, -0.25) is 0 Å². The largest absolute Gasteiger partial charge is 0.497 e. The minimum Gasteiger partial charge on any atom is -0.497 e. The van der Waals surface area contributed by atoms with Gasteiger partial charge in [-0.2, -0.15) is 0 Å². The highest BCUT2D eigenvalue weighted by atomic mass is 16.5. The van der Waals surface area contributed by atoms with E-state index in [1.54, 1.807) is 7.11 Å². The Kier molecular flexibility index (Phi) is 4.88. The Bertz CT molecular complexity index is 518. The Hall–Kier alpha value is -2.16. The molecule has 0 aliphatic carbocycles. The second-order valence-electron chi connectivity index (χ2n) is 4.89. The fourth-order valence-corrected chi connectivity index (χ4v) is 1.87. The third-order valence-corrected chi connectivity index (χ3v) is 2.88. The fourth-order valence-electron chi connectivity index (χ4n) is 1.87. The molecule has 0 aromatic heterocycles. The summed E-state index contributed by atoms with van der Waals surface area (Å²) in [5, 5.41) is 3.38. The van der Waals surface area contributed by atoms with Gasteiger partial charge in [-0.15, -0.1) is 0 Å². The number of anilines is 1. The Labute approximate surface area is 120 Å². The summed E-state index contributed by atoms with van der Waals surface area (Å²) in [5.74, 6) is 1.78. The van der Waals surface area contributed by atoms with Crippen LogP contribution in [0.15, 0.2) is 48.5 Å². The summed E-state index contributed by atoms with van der Waals surface area (Å²) in [5.41, 5.74) is 2.30. The number of hydrogen-bond donors (Lipinski definition) is 1. The smallest absolute Gasteiger partial charge is 0.119 e. The van der Waals surface area contributed by atoms with Gasteiger partial charge >= 0.3 is 0 Å². The first-order valence-corrected chi connectivity index (χ1v) is 6.81. The molecular weight excluding hydrogens is 250 g/mol. The number of benzene rings is 2. The maximum atomic E-state index is 5.62. The first-order chi connectivity index (χ1) is 9.67. The molecule has 0 radical (unpaired) electrons. The fraction of sp³-hybridized carbons (Fsp3) is 0.294. The molecule has 0 fully saturated rings. The minimum atomic E-state index is 0.202. The van der Waals surface area contributed by atoms with Crippen LogP contribution in [0.3, 0.4) is 0 Å². The molecule has 0 saturated carbocycles. The predicted octanol–water partition coefficient (Wildman–Crippen LogP) is 4.09. The number of ether oxygens (including phenoxy) is 2. The summed E-state index contributed by atoms with van der Waals surface area (Å²) >= 11 is 0. The second kappa shape index (κ2) is 6.85. The van der Waals surface area contributed by atoms with Gasteiger partial charge in [-0.25, -0.2) is 0 Å². The van der Waals surface area contributed by atoms with E-state index >= 15 is 0 Å². The monoisotopic (exact) mass is 271 g/mol. The van der Waals surface area contributed by atoms with Crippen LogP contribution >= 0.6 is 0 Å². The summed E-state index contributed by atoms with van der Waals surface area (Å²) in [6.45, 7) is 4.83. The van der Waals surface area contributed by atoms with E-state index in [9.17, 15) is 0 Å². The zero-order chi connectivity index (χ0) is 14.4. The average molecular weight is 271 g/mol. The van der Waals surface area contributed by atoms with Crippen molar-refractivity contribution in [3.63, 3.8) is 0 Å². The van der Waals surface area contributed by atoms with Gasteiger partial charge in [0.05, 0.1) is 13.2 Å². The molecular formula is C17H21NO2. The van der Waals surface area contributed by atoms with Crippen LogP contribution in [0.25, 0.3) is 0 Å². The van der Waals surface area contributed by atoms with E-state index in [0.717, 1.165) is 23.7 Å². The molecule has 3 heteroatoms. The van der Waals surface area contributed by atoms with E-state index in [1.165, 1.54) is 5.56 Å². The molecule has 3 nitrogen and oxygen atoms in total. The van der Waals surface area contributed by atoms with Crippen molar-refractivity contribution in [2.24, 2.45) is 0 Å². The maximum Gasteiger partial charge on any atom is 0.119 e. The number of rotatable bonds is 6. The maximum absolute atomic E-state index is 5.62. The van der Waals surface area contributed by atoms with Gasteiger partial charge in [0.2, 0.25) is 0 Å². The molecule has 2 aromatic rings. The van der Waals surface area contributed by atoms with Crippen LogP contribution in [0.5, 0.6) is 11.5 Å². The highest BCUT2D eigenvalue weighted by Crippen LogP contribution is 2.18. The molecule has 0 amide bonds. The van der Waals surface area contributed by atoms with E-state index in [0.29, 0.717) is 0 Å². The summed E-state index contributed by atoms with van der Waals surface area (Å²) in [4.78, 5) is 0. The van der Waals surface area contributed by atoms with Crippen LogP contribution < -0.4 is 14.8 Å². The van der Waals surface area contributed by atoms with Gasteiger partial charge in [0.25, 0.3) is 0 Å². The van der Waals surface area contributed by atoms with Crippen molar-refractivity contribution in [2.75, 3.05) is 12.4 Å². The lowest BCUT2D eigenvalue weighted by molar-refractivity contribution is 0.242. The Morgan fingerprint density at radius 2 is 1.50 bits per heavy atom. The SMILES string of the molecule is COc1ccc(CNc2ccc(OC(C)C)cc2)cc1. The average Bonchev–Trinajstić information content (AvgIpc) is 2.46. The van der Waals surface area contributed by atoms with Crippen LogP contribution in [0.4, 0.5) is 5.69 Å². The lowest BCUT2D eigenvalue weighted by Crippen LogP contribution is -2.05. The molecule has 0 atom stereocenters. The molecule has 2 rings (SSSR count). The summed E-state index contributed by atoms with van der Waals surface area (Å²) in [6.07, 6.45) is 0.202. The molecule has 0 bridgehead atoms. The van der Waals surface area contributed by atoms with E-state index < -0.39 is 0 Å². The van der Waals surface area contributed by atoms with E-state index in [-0.39, 0.29) is 6.10 Å². The Morgan fingerprint density at radius 3 is 2.05 bits per heavy atom. The van der Waals surface area contributed by atoms with E-state index in [4.69, 9.17) is 9.47 Å². The zero-order valence-corrected chi connectivity index (χ0v) is 12.2. The highest BCUT2D eigenvalue weighted by Gasteiger charge is 1.99. The van der Waals surface area contributed by atoms with Gasteiger partial charge in [-0.05, 0) is 55.8 Å². The molecule has 0 unspecified atom stereocenters. The standard InChI is InChI=1S/C17H21NO2/c1-13(2)20-17-10-6-15(7-11-17)18-12-14-4-8-16(19-3)9-5-14/h4-11,13,18H,12H2,1-3H3. The molecule has 106 valence electrons. The van der Waals surface area contributed by atoms with E-state index in [1.807, 2.05) is 50.2 Å². The van der Waals surface area contributed by atoms with Crippen molar-refractivity contribution < 1.29 is 9.47 Å². The van der Waals surface area contributed by atoms with Crippen molar-refractivity contribution in [2.45, 2.75) is 26.5 Å². The lowest BCUT2D eigenvalue weighted by atomic mass is 10.2. The first-order valence-electron chi connectivity index (χ1n) is 6.81. The first kappa shape index (κ1) is 14.3. The molecule has 2 aromatic carbocycles. The molecule has 20 heavy (non-hydrogen) atoms. The van der Waals surface area contributed by atoms with Gasteiger partial charge in [0.15, 0.2) is 0 Å². The van der Waals surface area contributed by atoms with Crippen molar-refractivity contribution in [1.29, 1.82) is 0 Å². The number of methoxy groups -OCH3 is 1. The normalized spacial score (nSPS) is 10.4. The van der Waals surface area contributed by atoms with Gasteiger partial charge < -0.3 is 14.8 Å². The molecule has 0 saturated heterocycles. The van der Waals surface area contributed by atoms with Crippen molar-refractivity contribution in [1.82, 2.24) is 0 Å². The molecule has 0 spiro atoms. The molecule has 0 heterocycles. The second-order valence-corrected chi connectivity index (χ2v) is 4.89. The Balaban J connectivity index is 1.89. The highest BCUT2D eigenvalue weighted by molar-refractivity contribution is 5.47. The predicted molar refractivity (Wildman–Crippen MR) is 82.5 cm³/mol. The van der Waals surface area contributed by atoms with Crippen LogP contribution in [0, 0.1) is 0 Å². The molecule has 0 aliphatic rings. The lowest BCUT2D eigenvalue weighted by Gasteiger charge is -2.11. The third kappa shape index (κ3) is 4.19. The van der Waals surface area contributed by atoms with Crippen LogP contribution in [0.1, 0.15) is 19.4 Å². The van der Waals surface area contributed by atoms with Gasteiger partial charge in [0, 0.05) is 12.2 Å².